The van der Waals surface area contributed by atoms with E-state index in [9.17, 15) is 14.9 Å². The molecule has 5 nitrogen and oxygen atoms in total. The number of alkyl halides is 1. The van der Waals surface area contributed by atoms with E-state index in [1.165, 1.54) is 12.7 Å². The Hall–Kier alpha value is -0.660. The lowest BCUT2D eigenvalue weighted by Gasteiger charge is -2.15. The van der Waals surface area contributed by atoms with Gasteiger partial charge in [0.25, 0.3) is 0 Å². The maximum atomic E-state index is 11.2. The van der Waals surface area contributed by atoms with Gasteiger partial charge >= 0.3 is 5.97 Å². The fraction of sp³-hybridized carbons (Fsp3) is 0.769. The second-order valence-electron chi connectivity index (χ2n) is 4.85. The number of carbonyl (C=O) groups is 1. The zero-order valence-corrected chi connectivity index (χ0v) is 13.9. The topological polar surface area (TPSA) is 69.4 Å². The predicted molar refractivity (Wildman–Crippen MR) is 83.1 cm³/mol. The molecule has 19 heavy (non-hydrogen) atoms. The van der Waals surface area contributed by atoms with Crippen LogP contribution in [0.15, 0.2) is 11.6 Å². The molecule has 110 valence electrons. The molecule has 0 aromatic heterocycles. The molecule has 0 bridgehead atoms. The first-order valence-corrected chi connectivity index (χ1v) is 7.55. The van der Waals surface area contributed by atoms with Gasteiger partial charge in [-0.1, -0.05) is 34.2 Å². The molecule has 0 aromatic rings. The fourth-order valence-corrected chi connectivity index (χ4v) is 2.86. The standard InChI is InChI=1S/C13H22INO4/c1-10(2)5-4-6-12(14)7-11(9-15(17)18)8-13(16)19-3/h5,11-12H,4,6-9H2,1-3H3/t11?,12-/m0/s1. The normalized spacial score (nSPS) is 13.5. The van der Waals surface area contributed by atoms with Crippen molar-refractivity contribution < 1.29 is 14.5 Å². The van der Waals surface area contributed by atoms with Gasteiger partial charge < -0.3 is 4.74 Å². The Morgan fingerprint density at radius 2 is 2.11 bits per heavy atom. The van der Waals surface area contributed by atoms with Gasteiger partial charge in [0.15, 0.2) is 0 Å². The monoisotopic (exact) mass is 383 g/mol. The Labute approximate surface area is 128 Å². The van der Waals surface area contributed by atoms with Crippen molar-refractivity contribution >= 4 is 28.6 Å². The first-order chi connectivity index (χ1) is 8.85. The van der Waals surface area contributed by atoms with Crippen molar-refractivity contribution in [2.45, 2.75) is 43.5 Å². The van der Waals surface area contributed by atoms with Crippen molar-refractivity contribution in [1.82, 2.24) is 0 Å². The third kappa shape index (κ3) is 10.9. The molecule has 0 saturated heterocycles. The minimum absolute atomic E-state index is 0.125. The van der Waals surface area contributed by atoms with Gasteiger partial charge in [-0.2, -0.15) is 0 Å². The van der Waals surface area contributed by atoms with Crippen LogP contribution in [0.25, 0.3) is 0 Å². The number of rotatable bonds is 9. The number of nitrogens with zero attached hydrogens (tertiary/aromatic N) is 1. The molecule has 0 saturated carbocycles. The lowest BCUT2D eigenvalue weighted by Crippen LogP contribution is -2.21. The molecule has 0 aliphatic heterocycles. The summed E-state index contributed by atoms with van der Waals surface area (Å²) < 4.78 is 4.92. The lowest BCUT2D eigenvalue weighted by atomic mass is 9.97. The number of nitro groups is 1. The molecule has 0 spiro atoms. The Morgan fingerprint density at radius 3 is 2.58 bits per heavy atom. The van der Waals surface area contributed by atoms with Crippen LogP contribution in [0.5, 0.6) is 0 Å². The predicted octanol–water partition coefficient (Wildman–Crippen LogP) is 3.38. The highest BCUT2D eigenvalue weighted by Gasteiger charge is 2.22. The number of halogens is 1. The van der Waals surface area contributed by atoms with Crippen LogP contribution in [0.3, 0.4) is 0 Å². The Balaban J connectivity index is 4.25. The fourth-order valence-electron chi connectivity index (χ4n) is 1.78. The van der Waals surface area contributed by atoms with E-state index in [1.54, 1.807) is 0 Å². The summed E-state index contributed by atoms with van der Waals surface area (Å²) in [6, 6.07) is 0. The molecule has 1 unspecified atom stereocenters. The maximum absolute atomic E-state index is 11.2. The van der Waals surface area contributed by atoms with E-state index < -0.39 is 0 Å². The molecule has 6 heteroatoms. The third-order valence-electron chi connectivity index (χ3n) is 2.71. The SMILES string of the molecule is COC(=O)CC(C[C@@H](I)CCC=C(C)C)C[N+](=O)[O-]. The lowest BCUT2D eigenvalue weighted by molar-refractivity contribution is -0.488. The molecule has 0 rings (SSSR count). The molecular weight excluding hydrogens is 361 g/mol. The maximum Gasteiger partial charge on any atom is 0.306 e. The van der Waals surface area contributed by atoms with Gasteiger partial charge in [-0.3, -0.25) is 14.9 Å². The zero-order valence-electron chi connectivity index (χ0n) is 11.7. The van der Waals surface area contributed by atoms with Crippen LogP contribution in [0.2, 0.25) is 0 Å². The molecule has 0 N–H and O–H groups in total. The van der Waals surface area contributed by atoms with Gasteiger partial charge in [-0.05, 0) is 33.1 Å². The number of esters is 1. The first kappa shape index (κ1) is 18.3. The summed E-state index contributed by atoms with van der Waals surface area (Å²) in [6.07, 6.45) is 4.90. The van der Waals surface area contributed by atoms with Gasteiger partial charge in [0.2, 0.25) is 6.54 Å². The molecule has 0 fully saturated rings. The Bertz CT molecular complexity index is 327. The molecule has 2 atom stereocenters. The summed E-state index contributed by atoms with van der Waals surface area (Å²) >= 11 is 2.31. The molecule has 0 radical (unpaired) electrons. The number of hydrogen-bond acceptors (Lipinski definition) is 4. The van der Waals surface area contributed by atoms with Crippen molar-refractivity contribution in [2.24, 2.45) is 5.92 Å². The van der Waals surface area contributed by atoms with Crippen molar-refractivity contribution in [3.05, 3.63) is 21.8 Å². The second kappa shape index (κ2) is 10.2. The van der Waals surface area contributed by atoms with Gasteiger partial charge in [0.1, 0.15) is 0 Å². The zero-order chi connectivity index (χ0) is 14.8. The summed E-state index contributed by atoms with van der Waals surface area (Å²) in [5, 5.41) is 10.6. The largest absolute Gasteiger partial charge is 0.469 e. The minimum Gasteiger partial charge on any atom is -0.469 e. The van der Waals surface area contributed by atoms with Crippen LogP contribution in [-0.2, 0) is 9.53 Å². The molecule has 0 aromatic carbocycles. The average molecular weight is 383 g/mol. The van der Waals surface area contributed by atoms with E-state index in [1.807, 2.05) is 0 Å². The molecule has 0 heterocycles. The number of carbonyl (C=O) groups excluding carboxylic acids is 1. The van der Waals surface area contributed by atoms with Crippen LogP contribution in [0.1, 0.15) is 39.5 Å². The molecule has 0 aliphatic rings. The van der Waals surface area contributed by atoms with E-state index in [2.05, 4.69) is 47.3 Å². The summed E-state index contributed by atoms with van der Waals surface area (Å²) in [4.78, 5) is 21.5. The van der Waals surface area contributed by atoms with Crippen molar-refractivity contribution in [3.63, 3.8) is 0 Å². The van der Waals surface area contributed by atoms with E-state index >= 15 is 0 Å². The van der Waals surface area contributed by atoms with E-state index in [-0.39, 0.29) is 29.8 Å². The number of ether oxygens (including phenoxy) is 1. The van der Waals surface area contributed by atoms with Crippen molar-refractivity contribution in [1.29, 1.82) is 0 Å². The van der Waals surface area contributed by atoms with Crippen LogP contribution in [-0.4, -0.2) is 28.5 Å². The Kier molecular flexibility index (Phi) is 9.81. The van der Waals surface area contributed by atoms with Crippen molar-refractivity contribution in [2.75, 3.05) is 13.7 Å². The third-order valence-corrected chi connectivity index (χ3v) is 3.84. The van der Waals surface area contributed by atoms with Crippen LogP contribution in [0.4, 0.5) is 0 Å². The van der Waals surface area contributed by atoms with Gasteiger partial charge in [-0.25, -0.2) is 0 Å². The summed E-state index contributed by atoms with van der Waals surface area (Å²) in [5.74, 6) is -0.615. The number of hydrogen-bond donors (Lipinski definition) is 0. The molecular formula is C13H22INO4. The van der Waals surface area contributed by atoms with E-state index in [4.69, 9.17) is 0 Å². The number of methoxy groups -OCH3 is 1. The van der Waals surface area contributed by atoms with Gasteiger partial charge in [0, 0.05) is 14.8 Å². The van der Waals surface area contributed by atoms with E-state index in [0.29, 0.717) is 10.3 Å². The average Bonchev–Trinajstić information content (AvgIpc) is 2.27. The first-order valence-electron chi connectivity index (χ1n) is 6.31. The van der Waals surface area contributed by atoms with Crippen LogP contribution >= 0.6 is 22.6 Å². The highest BCUT2D eigenvalue weighted by atomic mass is 127. The summed E-state index contributed by atoms with van der Waals surface area (Å²) in [7, 11) is 1.31. The van der Waals surface area contributed by atoms with Gasteiger partial charge in [0.05, 0.1) is 13.5 Å². The summed E-state index contributed by atoms with van der Waals surface area (Å²) in [5.41, 5.74) is 1.28. The number of allylic oxidation sites excluding steroid dienone is 2. The van der Waals surface area contributed by atoms with Crippen LogP contribution < -0.4 is 0 Å². The van der Waals surface area contributed by atoms with Crippen molar-refractivity contribution in [3.8, 4) is 0 Å². The smallest absolute Gasteiger partial charge is 0.306 e. The van der Waals surface area contributed by atoms with Crippen LogP contribution in [0, 0.1) is 16.0 Å². The second-order valence-corrected chi connectivity index (χ2v) is 6.61. The minimum atomic E-state index is -0.375. The summed E-state index contributed by atoms with van der Waals surface area (Å²) in [6.45, 7) is 3.93. The molecule has 0 aliphatic carbocycles. The Morgan fingerprint density at radius 1 is 1.47 bits per heavy atom. The highest BCUT2D eigenvalue weighted by molar-refractivity contribution is 14.1. The van der Waals surface area contributed by atoms with E-state index in [0.717, 1.165) is 12.8 Å². The quantitative estimate of drug-likeness (QED) is 0.153. The highest BCUT2D eigenvalue weighted by Crippen LogP contribution is 2.22. The van der Waals surface area contributed by atoms with Gasteiger partial charge in [-0.15, -0.1) is 0 Å². The molecule has 0 amide bonds.